The van der Waals surface area contributed by atoms with E-state index in [1.165, 1.54) is 5.56 Å². The summed E-state index contributed by atoms with van der Waals surface area (Å²) in [5, 5.41) is 14.1. The van der Waals surface area contributed by atoms with Crippen LogP contribution in [0.2, 0.25) is 0 Å². The molecule has 2 fully saturated rings. The number of likely N-dealkylation sites (tertiary alicyclic amines) is 2. The Bertz CT molecular complexity index is 899. The van der Waals surface area contributed by atoms with Crippen molar-refractivity contribution in [1.82, 2.24) is 19.6 Å². The highest BCUT2D eigenvalue weighted by atomic mass is 16.4. The molecule has 28 heavy (non-hydrogen) atoms. The quantitative estimate of drug-likeness (QED) is 0.876. The molecule has 7 nitrogen and oxygen atoms in total. The topological polar surface area (TPSA) is 78.7 Å². The highest BCUT2D eigenvalue weighted by molar-refractivity contribution is 5.88. The molecule has 1 aromatic heterocycles. The van der Waals surface area contributed by atoms with Gasteiger partial charge in [0.05, 0.1) is 23.3 Å². The predicted octanol–water partition coefficient (Wildman–Crippen LogP) is 2.08. The summed E-state index contributed by atoms with van der Waals surface area (Å²) in [6.07, 6.45) is 5.44. The van der Waals surface area contributed by atoms with E-state index in [0.717, 1.165) is 30.9 Å². The molecule has 0 radical (unpaired) electrons. The van der Waals surface area contributed by atoms with Crippen molar-refractivity contribution < 1.29 is 14.7 Å². The number of aliphatic carboxylic acids is 1. The fourth-order valence-corrected chi connectivity index (χ4v) is 4.69. The molecule has 1 amide bonds. The van der Waals surface area contributed by atoms with E-state index in [4.69, 9.17) is 0 Å². The zero-order chi connectivity index (χ0) is 19.9. The monoisotopic (exact) mass is 382 g/mol. The maximum absolute atomic E-state index is 12.1. The Morgan fingerprint density at radius 1 is 1.32 bits per heavy atom. The molecule has 0 saturated carbocycles. The summed E-state index contributed by atoms with van der Waals surface area (Å²) in [5.74, 6) is -1.51. The molecule has 7 heteroatoms. The summed E-state index contributed by atoms with van der Waals surface area (Å²) in [6, 6.07) is 8.22. The first-order valence-electron chi connectivity index (χ1n) is 9.71. The Labute approximate surface area is 164 Å². The van der Waals surface area contributed by atoms with Gasteiger partial charge in [-0.25, -0.2) is 4.68 Å². The fourth-order valence-electron chi connectivity index (χ4n) is 4.69. The standard InChI is InChI=1S/C21H26N4O3/c1-15-4-3-5-17(10-15)25-14-16(12-22-25)13-24-8-6-21(7-9-24)18(20(27)28)11-19(26)23(21)2/h3-5,10,12,14,18H,6-9,11,13H2,1-2H3,(H,27,28). The summed E-state index contributed by atoms with van der Waals surface area (Å²) < 4.78 is 1.89. The molecule has 1 aromatic carbocycles. The molecule has 1 atom stereocenters. The molecule has 2 aromatic rings. The number of hydrogen-bond acceptors (Lipinski definition) is 4. The van der Waals surface area contributed by atoms with Gasteiger partial charge in [0.15, 0.2) is 0 Å². The third kappa shape index (κ3) is 3.20. The summed E-state index contributed by atoms with van der Waals surface area (Å²) in [5.41, 5.74) is 2.83. The molecule has 0 aliphatic carbocycles. The molecule has 1 spiro atoms. The highest BCUT2D eigenvalue weighted by Gasteiger charge is 2.55. The first kappa shape index (κ1) is 18.7. The number of carbonyl (C=O) groups is 2. The van der Waals surface area contributed by atoms with Gasteiger partial charge >= 0.3 is 5.97 Å². The Morgan fingerprint density at radius 3 is 2.75 bits per heavy atom. The number of aromatic nitrogens is 2. The highest BCUT2D eigenvalue weighted by Crippen LogP contribution is 2.43. The van der Waals surface area contributed by atoms with Crippen LogP contribution in [-0.4, -0.2) is 62.2 Å². The van der Waals surface area contributed by atoms with Crippen molar-refractivity contribution in [2.45, 2.75) is 38.3 Å². The number of carbonyl (C=O) groups excluding carboxylic acids is 1. The SMILES string of the molecule is Cc1cccc(-n2cc(CN3CCC4(CC3)C(C(=O)O)CC(=O)N4C)cn2)c1. The lowest BCUT2D eigenvalue weighted by molar-refractivity contribution is -0.146. The van der Waals surface area contributed by atoms with Gasteiger partial charge in [-0.05, 0) is 37.5 Å². The van der Waals surface area contributed by atoms with Gasteiger partial charge in [0.25, 0.3) is 0 Å². The number of piperidine rings is 1. The van der Waals surface area contributed by atoms with Gasteiger partial charge in [-0.15, -0.1) is 0 Å². The second-order valence-corrected chi connectivity index (χ2v) is 8.06. The van der Waals surface area contributed by atoms with Crippen molar-refractivity contribution in [3.63, 3.8) is 0 Å². The minimum Gasteiger partial charge on any atom is -0.481 e. The van der Waals surface area contributed by atoms with Crippen molar-refractivity contribution in [2.24, 2.45) is 5.92 Å². The van der Waals surface area contributed by atoms with E-state index in [-0.39, 0.29) is 12.3 Å². The summed E-state index contributed by atoms with van der Waals surface area (Å²) in [4.78, 5) is 27.8. The van der Waals surface area contributed by atoms with Gasteiger partial charge in [0.2, 0.25) is 5.91 Å². The lowest BCUT2D eigenvalue weighted by atomic mass is 9.77. The van der Waals surface area contributed by atoms with Crippen molar-refractivity contribution in [3.05, 3.63) is 47.8 Å². The van der Waals surface area contributed by atoms with E-state index in [1.807, 2.05) is 29.2 Å². The third-order valence-electron chi connectivity index (χ3n) is 6.40. The van der Waals surface area contributed by atoms with E-state index in [2.05, 4.69) is 29.1 Å². The average molecular weight is 382 g/mol. The van der Waals surface area contributed by atoms with Crippen LogP contribution in [0.5, 0.6) is 0 Å². The molecular weight excluding hydrogens is 356 g/mol. The molecule has 148 valence electrons. The van der Waals surface area contributed by atoms with E-state index < -0.39 is 17.4 Å². The largest absolute Gasteiger partial charge is 0.481 e. The van der Waals surface area contributed by atoms with E-state index in [0.29, 0.717) is 12.8 Å². The third-order valence-corrected chi connectivity index (χ3v) is 6.40. The maximum atomic E-state index is 12.1. The summed E-state index contributed by atoms with van der Waals surface area (Å²) >= 11 is 0. The molecule has 1 N–H and O–H groups in total. The molecule has 2 saturated heterocycles. The number of hydrogen-bond donors (Lipinski definition) is 1. The van der Waals surface area contributed by atoms with Crippen molar-refractivity contribution in [1.29, 1.82) is 0 Å². The number of carboxylic acid groups (broad SMARTS) is 1. The molecule has 2 aliphatic heterocycles. The van der Waals surface area contributed by atoms with Crippen LogP contribution in [-0.2, 0) is 16.1 Å². The lowest BCUT2D eigenvalue weighted by Crippen LogP contribution is -2.55. The molecular formula is C21H26N4O3. The van der Waals surface area contributed by atoms with Gasteiger partial charge in [0.1, 0.15) is 0 Å². The Morgan fingerprint density at radius 2 is 2.07 bits per heavy atom. The van der Waals surface area contributed by atoms with E-state index in [1.54, 1.807) is 11.9 Å². The number of nitrogens with zero attached hydrogens (tertiary/aromatic N) is 4. The Hall–Kier alpha value is -2.67. The molecule has 4 rings (SSSR count). The zero-order valence-electron chi connectivity index (χ0n) is 16.3. The van der Waals surface area contributed by atoms with Gasteiger partial charge in [-0.2, -0.15) is 5.10 Å². The normalized spacial score (nSPS) is 22.1. The Kier molecular flexibility index (Phi) is 4.71. The lowest BCUT2D eigenvalue weighted by Gasteiger charge is -2.45. The van der Waals surface area contributed by atoms with Crippen molar-refractivity contribution in [2.75, 3.05) is 20.1 Å². The van der Waals surface area contributed by atoms with Crippen LogP contribution >= 0.6 is 0 Å². The summed E-state index contributed by atoms with van der Waals surface area (Å²) in [6.45, 7) is 4.39. The van der Waals surface area contributed by atoms with Crippen LogP contribution in [0, 0.1) is 12.8 Å². The second kappa shape index (κ2) is 7.05. The predicted molar refractivity (Wildman–Crippen MR) is 104 cm³/mol. The minimum atomic E-state index is -0.856. The smallest absolute Gasteiger partial charge is 0.309 e. The van der Waals surface area contributed by atoms with Crippen LogP contribution in [0.3, 0.4) is 0 Å². The number of rotatable bonds is 4. The number of aryl methyl sites for hydroxylation is 1. The van der Waals surface area contributed by atoms with E-state index in [9.17, 15) is 14.7 Å². The minimum absolute atomic E-state index is 0.0553. The second-order valence-electron chi connectivity index (χ2n) is 8.06. The molecule has 1 unspecified atom stereocenters. The summed E-state index contributed by atoms with van der Waals surface area (Å²) in [7, 11) is 1.76. The molecule has 0 bridgehead atoms. The fraction of sp³-hybridized carbons (Fsp3) is 0.476. The number of benzene rings is 1. The Balaban J connectivity index is 1.42. The van der Waals surface area contributed by atoms with Gasteiger partial charge in [-0.1, -0.05) is 12.1 Å². The van der Waals surface area contributed by atoms with Crippen LogP contribution < -0.4 is 0 Å². The molecule has 2 aliphatic rings. The van der Waals surface area contributed by atoms with E-state index >= 15 is 0 Å². The van der Waals surface area contributed by atoms with Crippen molar-refractivity contribution >= 4 is 11.9 Å². The van der Waals surface area contributed by atoms with Crippen LogP contribution in [0.1, 0.15) is 30.4 Å². The average Bonchev–Trinajstić information content (AvgIpc) is 3.23. The van der Waals surface area contributed by atoms with Gasteiger partial charge < -0.3 is 10.0 Å². The van der Waals surface area contributed by atoms with Gasteiger partial charge in [-0.3, -0.25) is 14.5 Å². The number of carboxylic acids is 1. The van der Waals surface area contributed by atoms with Crippen molar-refractivity contribution in [3.8, 4) is 5.69 Å². The zero-order valence-corrected chi connectivity index (χ0v) is 16.3. The van der Waals surface area contributed by atoms with Gasteiger partial charge in [0, 0.05) is 44.9 Å². The number of amides is 1. The first-order valence-corrected chi connectivity index (χ1v) is 9.71. The van der Waals surface area contributed by atoms with Crippen LogP contribution in [0.4, 0.5) is 0 Å². The first-order chi connectivity index (χ1) is 13.4. The van der Waals surface area contributed by atoms with Crippen LogP contribution in [0.15, 0.2) is 36.7 Å². The molecule has 3 heterocycles. The maximum Gasteiger partial charge on any atom is 0.309 e. The van der Waals surface area contributed by atoms with Crippen LogP contribution in [0.25, 0.3) is 5.69 Å².